The SMILES string of the molecule is C#CCNCCn1ccc(=O)cc1. The van der Waals surface area contributed by atoms with E-state index in [1.54, 1.807) is 24.5 Å². The highest BCUT2D eigenvalue weighted by Gasteiger charge is 1.87. The van der Waals surface area contributed by atoms with Crippen LogP contribution in [0.3, 0.4) is 0 Å². The van der Waals surface area contributed by atoms with Crippen LogP contribution in [0, 0.1) is 12.3 Å². The largest absolute Gasteiger partial charge is 0.353 e. The van der Waals surface area contributed by atoms with Crippen molar-refractivity contribution in [2.75, 3.05) is 13.1 Å². The summed E-state index contributed by atoms with van der Waals surface area (Å²) in [5.74, 6) is 2.49. The number of nitrogens with one attached hydrogen (secondary N) is 1. The van der Waals surface area contributed by atoms with E-state index in [0.29, 0.717) is 6.54 Å². The molecule has 0 radical (unpaired) electrons. The van der Waals surface area contributed by atoms with E-state index in [0.717, 1.165) is 13.1 Å². The Labute approximate surface area is 77.4 Å². The van der Waals surface area contributed by atoms with Crippen molar-refractivity contribution in [3.63, 3.8) is 0 Å². The van der Waals surface area contributed by atoms with Gasteiger partial charge in [-0.1, -0.05) is 5.92 Å². The third kappa shape index (κ3) is 3.59. The first-order valence-electron chi connectivity index (χ1n) is 4.13. The van der Waals surface area contributed by atoms with Gasteiger partial charge in [-0.05, 0) is 0 Å². The summed E-state index contributed by atoms with van der Waals surface area (Å²) in [6, 6.07) is 3.09. The molecule has 1 N–H and O–H groups in total. The molecule has 3 heteroatoms. The van der Waals surface area contributed by atoms with E-state index in [9.17, 15) is 4.79 Å². The highest BCUT2D eigenvalue weighted by molar-refractivity contribution is 4.93. The molecule has 0 unspecified atom stereocenters. The molecule has 13 heavy (non-hydrogen) atoms. The standard InChI is InChI=1S/C10H12N2O/c1-2-5-11-6-9-12-7-3-10(13)4-8-12/h1,3-4,7-8,11H,5-6,9H2. The number of rotatable bonds is 4. The summed E-state index contributed by atoms with van der Waals surface area (Å²) in [5, 5.41) is 3.06. The summed E-state index contributed by atoms with van der Waals surface area (Å²) in [7, 11) is 0. The Morgan fingerprint density at radius 3 is 2.77 bits per heavy atom. The Balaban J connectivity index is 2.34. The maximum Gasteiger partial charge on any atom is 0.181 e. The lowest BCUT2D eigenvalue weighted by molar-refractivity contribution is 0.625. The van der Waals surface area contributed by atoms with Crippen LogP contribution < -0.4 is 10.7 Å². The van der Waals surface area contributed by atoms with Gasteiger partial charge in [0, 0.05) is 37.6 Å². The lowest BCUT2D eigenvalue weighted by Crippen LogP contribution is -2.20. The van der Waals surface area contributed by atoms with Crippen molar-refractivity contribution in [3.05, 3.63) is 34.7 Å². The summed E-state index contributed by atoms with van der Waals surface area (Å²) in [4.78, 5) is 10.7. The second-order valence-corrected chi connectivity index (χ2v) is 2.65. The first-order valence-corrected chi connectivity index (χ1v) is 4.13. The molecular weight excluding hydrogens is 164 g/mol. The van der Waals surface area contributed by atoms with Crippen LogP contribution in [-0.4, -0.2) is 17.7 Å². The van der Waals surface area contributed by atoms with Crippen molar-refractivity contribution in [1.29, 1.82) is 0 Å². The van der Waals surface area contributed by atoms with Gasteiger partial charge in [-0.25, -0.2) is 0 Å². The van der Waals surface area contributed by atoms with E-state index in [-0.39, 0.29) is 5.43 Å². The quantitative estimate of drug-likeness (QED) is 0.520. The molecule has 68 valence electrons. The summed E-state index contributed by atoms with van der Waals surface area (Å²) >= 11 is 0. The van der Waals surface area contributed by atoms with Crippen LogP contribution >= 0.6 is 0 Å². The predicted octanol–water partition coefficient (Wildman–Crippen LogP) is 0.0711. The fourth-order valence-electron chi connectivity index (χ4n) is 0.961. The Hall–Kier alpha value is -1.53. The molecule has 3 nitrogen and oxygen atoms in total. The van der Waals surface area contributed by atoms with Gasteiger partial charge < -0.3 is 9.88 Å². The average molecular weight is 176 g/mol. The van der Waals surface area contributed by atoms with Crippen LogP contribution in [0.4, 0.5) is 0 Å². The van der Waals surface area contributed by atoms with Crippen LogP contribution in [0.2, 0.25) is 0 Å². The van der Waals surface area contributed by atoms with Crippen LogP contribution in [-0.2, 0) is 6.54 Å². The first-order chi connectivity index (χ1) is 6.33. The molecule has 0 spiro atoms. The van der Waals surface area contributed by atoms with Crippen molar-refractivity contribution in [2.24, 2.45) is 0 Å². The van der Waals surface area contributed by atoms with Crippen LogP contribution in [0.15, 0.2) is 29.3 Å². The molecule has 1 heterocycles. The Bertz CT molecular complexity index is 328. The van der Waals surface area contributed by atoms with Crippen molar-refractivity contribution in [2.45, 2.75) is 6.54 Å². The van der Waals surface area contributed by atoms with E-state index in [2.05, 4.69) is 11.2 Å². The molecule has 0 saturated carbocycles. The number of pyridine rings is 1. The molecule has 1 aromatic heterocycles. The maximum atomic E-state index is 10.7. The van der Waals surface area contributed by atoms with Gasteiger partial charge in [0.2, 0.25) is 0 Å². The number of nitrogens with zero attached hydrogens (tertiary/aromatic N) is 1. The maximum absolute atomic E-state index is 10.7. The topological polar surface area (TPSA) is 34.0 Å². The molecule has 0 atom stereocenters. The van der Waals surface area contributed by atoms with E-state index in [1.165, 1.54) is 0 Å². The van der Waals surface area contributed by atoms with Gasteiger partial charge in [-0.15, -0.1) is 6.42 Å². The van der Waals surface area contributed by atoms with E-state index in [4.69, 9.17) is 6.42 Å². The highest BCUT2D eigenvalue weighted by Crippen LogP contribution is 1.82. The monoisotopic (exact) mass is 176 g/mol. The number of hydrogen-bond donors (Lipinski definition) is 1. The molecule has 1 aromatic rings. The predicted molar refractivity (Wildman–Crippen MR) is 52.4 cm³/mol. The third-order valence-corrected chi connectivity index (χ3v) is 1.63. The summed E-state index contributed by atoms with van der Waals surface area (Å²) in [5.41, 5.74) is 0.0350. The smallest absolute Gasteiger partial charge is 0.181 e. The van der Waals surface area contributed by atoms with Gasteiger partial charge in [0.15, 0.2) is 5.43 Å². The second-order valence-electron chi connectivity index (χ2n) is 2.65. The minimum atomic E-state index is 0.0350. The number of aromatic nitrogens is 1. The fourth-order valence-corrected chi connectivity index (χ4v) is 0.961. The Morgan fingerprint density at radius 1 is 1.46 bits per heavy atom. The molecule has 0 aliphatic heterocycles. The molecular formula is C10H12N2O. The minimum absolute atomic E-state index is 0.0350. The van der Waals surface area contributed by atoms with Crippen LogP contribution in [0.1, 0.15) is 0 Å². The lowest BCUT2D eigenvalue weighted by Gasteiger charge is -2.04. The van der Waals surface area contributed by atoms with E-state index in [1.807, 2.05) is 4.57 Å². The zero-order chi connectivity index (χ0) is 9.52. The summed E-state index contributed by atoms with van der Waals surface area (Å²) < 4.78 is 1.94. The van der Waals surface area contributed by atoms with Gasteiger partial charge in [0.25, 0.3) is 0 Å². The molecule has 0 aliphatic rings. The van der Waals surface area contributed by atoms with Crippen LogP contribution in [0.25, 0.3) is 0 Å². The minimum Gasteiger partial charge on any atom is -0.353 e. The van der Waals surface area contributed by atoms with Gasteiger partial charge in [-0.2, -0.15) is 0 Å². The highest BCUT2D eigenvalue weighted by atomic mass is 16.1. The second kappa shape index (κ2) is 5.18. The van der Waals surface area contributed by atoms with Gasteiger partial charge >= 0.3 is 0 Å². The molecule has 0 bridgehead atoms. The van der Waals surface area contributed by atoms with Crippen LogP contribution in [0.5, 0.6) is 0 Å². The average Bonchev–Trinajstić information content (AvgIpc) is 2.15. The summed E-state index contributed by atoms with van der Waals surface area (Å²) in [6.45, 7) is 2.22. The van der Waals surface area contributed by atoms with Crippen molar-refractivity contribution in [1.82, 2.24) is 9.88 Å². The first kappa shape index (κ1) is 9.56. The van der Waals surface area contributed by atoms with E-state index >= 15 is 0 Å². The Morgan fingerprint density at radius 2 is 2.15 bits per heavy atom. The zero-order valence-electron chi connectivity index (χ0n) is 7.36. The van der Waals surface area contributed by atoms with Gasteiger partial charge in [-0.3, -0.25) is 4.79 Å². The molecule has 0 fully saturated rings. The molecule has 0 aromatic carbocycles. The lowest BCUT2D eigenvalue weighted by atomic mass is 10.4. The third-order valence-electron chi connectivity index (χ3n) is 1.63. The van der Waals surface area contributed by atoms with Gasteiger partial charge in [0.1, 0.15) is 0 Å². The molecule has 0 saturated heterocycles. The summed E-state index contributed by atoms with van der Waals surface area (Å²) in [6.07, 6.45) is 8.59. The molecule has 0 amide bonds. The van der Waals surface area contributed by atoms with Gasteiger partial charge in [0.05, 0.1) is 6.54 Å². The normalized spacial score (nSPS) is 9.46. The van der Waals surface area contributed by atoms with Crippen molar-refractivity contribution >= 4 is 0 Å². The molecule has 1 rings (SSSR count). The zero-order valence-corrected chi connectivity index (χ0v) is 7.36. The number of terminal acetylenes is 1. The number of hydrogen-bond acceptors (Lipinski definition) is 2. The molecule has 0 aliphatic carbocycles. The van der Waals surface area contributed by atoms with Crippen molar-refractivity contribution < 1.29 is 0 Å². The van der Waals surface area contributed by atoms with Crippen molar-refractivity contribution in [3.8, 4) is 12.3 Å². The fraction of sp³-hybridized carbons (Fsp3) is 0.300. The van der Waals surface area contributed by atoms with E-state index < -0.39 is 0 Å². The Kier molecular flexibility index (Phi) is 3.80.